The van der Waals surface area contributed by atoms with Crippen molar-refractivity contribution in [3.05, 3.63) is 71.9 Å². The predicted octanol–water partition coefficient (Wildman–Crippen LogP) is 3.67. The molecule has 0 spiro atoms. The summed E-state index contributed by atoms with van der Waals surface area (Å²) in [7, 11) is 0. The number of nitrogens with zero attached hydrogens (tertiary/aromatic N) is 3. The van der Waals surface area contributed by atoms with E-state index < -0.39 is 0 Å². The number of carbonyl (C=O) groups excluding carboxylic acids is 1. The highest BCUT2D eigenvalue weighted by molar-refractivity contribution is 5.93. The Morgan fingerprint density at radius 2 is 1.71 bits per heavy atom. The van der Waals surface area contributed by atoms with Gasteiger partial charge in [0.25, 0.3) is 5.91 Å². The number of rotatable bonds is 4. The Morgan fingerprint density at radius 1 is 1.00 bits per heavy atom. The van der Waals surface area contributed by atoms with Crippen molar-refractivity contribution in [3.8, 4) is 11.4 Å². The van der Waals surface area contributed by atoms with Gasteiger partial charge in [0.1, 0.15) is 11.5 Å². The lowest BCUT2D eigenvalue weighted by Crippen LogP contribution is -2.41. The van der Waals surface area contributed by atoms with Crippen molar-refractivity contribution >= 4 is 17.4 Å². The number of carbonyl (C=O) groups is 1. The van der Waals surface area contributed by atoms with E-state index in [0.29, 0.717) is 43.6 Å². The van der Waals surface area contributed by atoms with E-state index in [1.807, 2.05) is 61.5 Å². The summed E-state index contributed by atoms with van der Waals surface area (Å²) in [6, 6.07) is 19.4. The molecule has 0 saturated carbocycles. The van der Waals surface area contributed by atoms with E-state index in [1.54, 1.807) is 11.0 Å². The van der Waals surface area contributed by atoms with Crippen molar-refractivity contribution < 1.29 is 9.53 Å². The van der Waals surface area contributed by atoms with Crippen LogP contribution in [0.1, 0.15) is 16.1 Å². The molecular weight excluding hydrogens is 352 g/mol. The van der Waals surface area contributed by atoms with Gasteiger partial charge in [0.05, 0.1) is 13.2 Å². The molecule has 6 nitrogen and oxygen atoms in total. The van der Waals surface area contributed by atoms with Gasteiger partial charge in [-0.3, -0.25) is 4.79 Å². The molecule has 1 aliphatic heterocycles. The van der Waals surface area contributed by atoms with Crippen molar-refractivity contribution in [1.82, 2.24) is 14.9 Å². The summed E-state index contributed by atoms with van der Waals surface area (Å²) < 4.78 is 5.35. The molecule has 1 aromatic heterocycles. The molecule has 0 radical (unpaired) electrons. The molecule has 0 unspecified atom stereocenters. The zero-order chi connectivity index (χ0) is 19.3. The Labute approximate surface area is 164 Å². The van der Waals surface area contributed by atoms with Gasteiger partial charge in [-0.2, -0.15) is 0 Å². The first kappa shape index (κ1) is 18.1. The third-order valence-corrected chi connectivity index (χ3v) is 4.60. The van der Waals surface area contributed by atoms with E-state index in [2.05, 4.69) is 15.3 Å². The van der Waals surface area contributed by atoms with Crippen LogP contribution in [-0.2, 0) is 4.74 Å². The topological polar surface area (TPSA) is 67.4 Å². The van der Waals surface area contributed by atoms with Gasteiger partial charge < -0.3 is 15.0 Å². The highest BCUT2D eigenvalue weighted by Crippen LogP contribution is 2.22. The van der Waals surface area contributed by atoms with Crippen molar-refractivity contribution in [3.63, 3.8) is 0 Å². The van der Waals surface area contributed by atoms with Crippen LogP contribution in [0.4, 0.5) is 11.5 Å². The molecule has 1 amide bonds. The van der Waals surface area contributed by atoms with Gasteiger partial charge >= 0.3 is 0 Å². The molecule has 1 fully saturated rings. The van der Waals surface area contributed by atoms with E-state index in [9.17, 15) is 4.79 Å². The van der Waals surface area contributed by atoms with Crippen molar-refractivity contribution in [2.45, 2.75) is 6.92 Å². The minimum Gasteiger partial charge on any atom is -0.378 e. The maximum Gasteiger partial charge on any atom is 0.272 e. The lowest BCUT2D eigenvalue weighted by atomic mass is 10.2. The quantitative estimate of drug-likeness (QED) is 0.755. The van der Waals surface area contributed by atoms with Crippen molar-refractivity contribution in [2.24, 2.45) is 0 Å². The smallest absolute Gasteiger partial charge is 0.272 e. The maximum atomic E-state index is 13.0. The number of aromatic nitrogens is 2. The Hall–Kier alpha value is -3.25. The van der Waals surface area contributed by atoms with E-state index >= 15 is 0 Å². The third-order valence-electron chi connectivity index (χ3n) is 4.60. The minimum atomic E-state index is -0.102. The van der Waals surface area contributed by atoms with Crippen LogP contribution in [-0.4, -0.2) is 47.1 Å². The van der Waals surface area contributed by atoms with Crippen LogP contribution in [0.5, 0.6) is 0 Å². The van der Waals surface area contributed by atoms with E-state index in [4.69, 9.17) is 4.74 Å². The van der Waals surface area contributed by atoms with Gasteiger partial charge in [0.15, 0.2) is 5.82 Å². The van der Waals surface area contributed by atoms with Gasteiger partial charge in [-0.15, -0.1) is 0 Å². The van der Waals surface area contributed by atoms with Crippen LogP contribution in [0.15, 0.2) is 60.7 Å². The number of hydrogen-bond donors (Lipinski definition) is 1. The number of benzene rings is 2. The summed E-state index contributed by atoms with van der Waals surface area (Å²) in [5.74, 6) is 1.01. The molecule has 28 heavy (non-hydrogen) atoms. The monoisotopic (exact) mass is 374 g/mol. The van der Waals surface area contributed by atoms with Crippen LogP contribution in [0.3, 0.4) is 0 Å². The van der Waals surface area contributed by atoms with Crippen LogP contribution < -0.4 is 5.32 Å². The second kappa shape index (κ2) is 8.19. The second-order valence-corrected chi connectivity index (χ2v) is 6.72. The SMILES string of the molecule is Cc1ccc(Nc2cc(C(=O)N3CCOCC3)nc(-c3ccccc3)n2)cc1. The van der Waals surface area contributed by atoms with Crippen LogP contribution >= 0.6 is 0 Å². The van der Waals surface area contributed by atoms with Gasteiger partial charge in [0.2, 0.25) is 0 Å². The lowest BCUT2D eigenvalue weighted by Gasteiger charge is -2.26. The minimum absolute atomic E-state index is 0.102. The molecular formula is C22H22N4O2. The molecule has 2 heterocycles. The van der Waals surface area contributed by atoms with Crippen LogP contribution in [0, 0.1) is 6.92 Å². The van der Waals surface area contributed by atoms with Gasteiger partial charge in [-0.05, 0) is 19.1 Å². The van der Waals surface area contributed by atoms with Crippen molar-refractivity contribution in [2.75, 3.05) is 31.6 Å². The molecule has 142 valence electrons. The summed E-state index contributed by atoms with van der Waals surface area (Å²) >= 11 is 0. The average molecular weight is 374 g/mol. The summed E-state index contributed by atoms with van der Waals surface area (Å²) in [6.07, 6.45) is 0. The number of ether oxygens (including phenoxy) is 1. The molecule has 2 aromatic carbocycles. The highest BCUT2D eigenvalue weighted by atomic mass is 16.5. The fraction of sp³-hybridized carbons (Fsp3) is 0.227. The molecule has 6 heteroatoms. The molecule has 0 bridgehead atoms. The Kier molecular flexibility index (Phi) is 5.30. The first-order valence-corrected chi connectivity index (χ1v) is 9.34. The molecule has 0 aliphatic carbocycles. The van der Waals surface area contributed by atoms with E-state index in [-0.39, 0.29) is 5.91 Å². The Bertz CT molecular complexity index is 952. The predicted molar refractivity (Wildman–Crippen MR) is 109 cm³/mol. The number of hydrogen-bond acceptors (Lipinski definition) is 5. The molecule has 4 rings (SSSR count). The zero-order valence-corrected chi connectivity index (χ0v) is 15.8. The summed E-state index contributed by atoms with van der Waals surface area (Å²) in [5, 5.41) is 3.29. The van der Waals surface area contributed by atoms with Crippen LogP contribution in [0.25, 0.3) is 11.4 Å². The summed E-state index contributed by atoms with van der Waals surface area (Å²) in [6.45, 7) is 4.29. The molecule has 1 saturated heterocycles. The first-order chi connectivity index (χ1) is 13.7. The number of morpholine rings is 1. The number of nitrogens with one attached hydrogen (secondary N) is 1. The first-order valence-electron chi connectivity index (χ1n) is 9.34. The van der Waals surface area contributed by atoms with Crippen LogP contribution in [0.2, 0.25) is 0 Å². The van der Waals surface area contributed by atoms with E-state index in [1.165, 1.54) is 5.56 Å². The van der Waals surface area contributed by atoms with Gasteiger partial charge in [-0.25, -0.2) is 9.97 Å². The molecule has 3 aromatic rings. The number of anilines is 2. The fourth-order valence-corrected chi connectivity index (χ4v) is 3.05. The van der Waals surface area contributed by atoms with Gasteiger partial charge in [0, 0.05) is 30.4 Å². The Morgan fingerprint density at radius 3 is 2.43 bits per heavy atom. The normalized spacial score (nSPS) is 14.0. The number of amides is 1. The summed E-state index contributed by atoms with van der Waals surface area (Å²) in [5.41, 5.74) is 3.34. The largest absolute Gasteiger partial charge is 0.378 e. The molecule has 0 atom stereocenters. The maximum absolute atomic E-state index is 13.0. The Balaban J connectivity index is 1.70. The second-order valence-electron chi connectivity index (χ2n) is 6.72. The lowest BCUT2D eigenvalue weighted by molar-refractivity contribution is 0.0299. The molecule has 1 N–H and O–H groups in total. The number of aryl methyl sites for hydroxylation is 1. The fourth-order valence-electron chi connectivity index (χ4n) is 3.05. The highest BCUT2D eigenvalue weighted by Gasteiger charge is 2.21. The average Bonchev–Trinajstić information content (AvgIpc) is 2.76. The zero-order valence-electron chi connectivity index (χ0n) is 15.8. The third kappa shape index (κ3) is 4.18. The van der Waals surface area contributed by atoms with Crippen molar-refractivity contribution in [1.29, 1.82) is 0 Å². The van der Waals surface area contributed by atoms with Gasteiger partial charge in [-0.1, -0.05) is 48.0 Å². The summed E-state index contributed by atoms with van der Waals surface area (Å²) in [4.78, 5) is 23.9. The van der Waals surface area contributed by atoms with E-state index in [0.717, 1.165) is 11.3 Å². The molecule has 1 aliphatic rings. The standard InChI is InChI=1S/C22H22N4O2/c1-16-7-9-18(10-8-16)23-20-15-19(22(27)26-11-13-28-14-12-26)24-21(25-20)17-5-3-2-4-6-17/h2-10,15H,11-14H2,1H3,(H,23,24,25).